The molecule has 1 rings (SSSR count). The summed E-state index contributed by atoms with van der Waals surface area (Å²) >= 11 is 0. The van der Waals surface area contributed by atoms with E-state index in [4.69, 9.17) is 0 Å². The van der Waals surface area contributed by atoms with Crippen molar-refractivity contribution in [3.8, 4) is 0 Å². The van der Waals surface area contributed by atoms with Crippen molar-refractivity contribution in [1.29, 1.82) is 0 Å². The molecule has 1 aliphatic heterocycles. The predicted molar refractivity (Wildman–Crippen MR) is 347 cm³/mol. The molecule has 0 spiro atoms. The van der Waals surface area contributed by atoms with E-state index in [1.807, 2.05) is 82.2 Å². The standard InChI is InChI=1S/C66H119N11O12/c1-27-29-30-43(17)55(78)54-59(82)69-46(28-2)61(84)74(23)50(34-39(9)10)62(85)71(20)48(32-37(5)6)58(81)70-52(41(13)14)65(88)72(21)47(31-36(3)4)57(80)67-44(18)56(79)68-45(19)60(83)73(22)49(33-38(7)8)63(86)75(24)51(35-40(11)12)64(87)76(25)53(42(15)16)66(89)77(54)26/h27,29,36-55,78H,28,30-35H2,1-26H3,(H,67,80)(H,68,79)(H,69,82)(H,70,81)/t43-,44+,45-,46+,47+,48+,49-,50+,51+,52+,53+,54+,55-/m1/s1. The first-order chi connectivity index (χ1) is 41.0. The number of aliphatic hydroxyl groups is 1. The predicted octanol–water partition coefficient (Wildman–Crippen LogP) is 4.68. The van der Waals surface area contributed by atoms with Crippen LogP contribution in [-0.2, 0) is 52.7 Å². The van der Waals surface area contributed by atoms with E-state index < -0.39 is 155 Å². The highest BCUT2D eigenvalue weighted by molar-refractivity contribution is 6.00. The van der Waals surface area contributed by atoms with Crippen LogP contribution in [0.4, 0.5) is 0 Å². The van der Waals surface area contributed by atoms with Gasteiger partial charge in [0.25, 0.3) is 0 Å². The molecule has 510 valence electrons. The highest BCUT2D eigenvalue weighted by Crippen LogP contribution is 2.26. The molecule has 0 aromatic heterocycles. The fourth-order valence-electron chi connectivity index (χ4n) is 11.5. The van der Waals surface area contributed by atoms with Crippen LogP contribution in [0.25, 0.3) is 0 Å². The molecule has 0 aliphatic carbocycles. The second kappa shape index (κ2) is 36.6. The maximum atomic E-state index is 15.3. The fraction of sp³-hybridized carbons (Fsp3) is 0.803. The zero-order valence-electron chi connectivity index (χ0n) is 59.2. The molecule has 0 aromatic carbocycles. The molecule has 1 fully saturated rings. The number of allylic oxidation sites excluding steroid dienone is 2. The van der Waals surface area contributed by atoms with Gasteiger partial charge in [-0.05, 0) is 113 Å². The van der Waals surface area contributed by atoms with E-state index in [9.17, 15) is 33.9 Å². The van der Waals surface area contributed by atoms with Crippen LogP contribution < -0.4 is 21.3 Å². The van der Waals surface area contributed by atoms with E-state index in [2.05, 4.69) is 21.3 Å². The van der Waals surface area contributed by atoms with Crippen LogP contribution in [0.15, 0.2) is 12.2 Å². The van der Waals surface area contributed by atoms with Gasteiger partial charge in [-0.15, -0.1) is 0 Å². The van der Waals surface area contributed by atoms with Crippen LogP contribution in [0.2, 0.25) is 0 Å². The maximum Gasteiger partial charge on any atom is 0.246 e. The molecule has 89 heavy (non-hydrogen) atoms. The number of likely N-dealkylation sites (N-methyl/N-ethyl adjacent to an activating group) is 7. The van der Waals surface area contributed by atoms with Crippen molar-refractivity contribution in [2.75, 3.05) is 49.3 Å². The minimum Gasteiger partial charge on any atom is -0.390 e. The van der Waals surface area contributed by atoms with Gasteiger partial charge in [0.05, 0.1) is 6.10 Å². The van der Waals surface area contributed by atoms with Crippen molar-refractivity contribution in [3.05, 3.63) is 12.2 Å². The topological polar surface area (TPSA) is 279 Å². The lowest BCUT2D eigenvalue weighted by Gasteiger charge is -2.41. The summed E-state index contributed by atoms with van der Waals surface area (Å²) in [5.41, 5.74) is 0. The van der Waals surface area contributed by atoms with Gasteiger partial charge in [-0.3, -0.25) is 52.7 Å². The van der Waals surface area contributed by atoms with Crippen LogP contribution >= 0.6 is 0 Å². The summed E-state index contributed by atoms with van der Waals surface area (Å²) in [6.07, 6.45) is 3.17. The number of nitrogens with one attached hydrogen (secondary N) is 4. The molecule has 5 N–H and O–H groups in total. The Morgan fingerprint density at radius 1 is 0.393 bits per heavy atom. The number of carbonyl (C=O) groups is 11. The van der Waals surface area contributed by atoms with Gasteiger partial charge in [0, 0.05) is 49.3 Å². The lowest BCUT2D eigenvalue weighted by atomic mass is 9.91. The van der Waals surface area contributed by atoms with Gasteiger partial charge in [0.1, 0.15) is 66.5 Å². The lowest BCUT2D eigenvalue weighted by Crippen LogP contribution is -2.64. The average molecular weight is 1260 g/mol. The van der Waals surface area contributed by atoms with Gasteiger partial charge in [0.2, 0.25) is 65.0 Å². The molecule has 23 heteroatoms. The summed E-state index contributed by atoms with van der Waals surface area (Å²) < 4.78 is 0. The summed E-state index contributed by atoms with van der Waals surface area (Å²) in [4.78, 5) is 172. The Kier molecular flexibility index (Phi) is 33.3. The summed E-state index contributed by atoms with van der Waals surface area (Å²) in [6.45, 7) is 33.8. The number of nitrogens with zero attached hydrogens (tertiary/aromatic N) is 7. The number of hydrogen-bond acceptors (Lipinski definition) is 12. The van der Waals surface area contributed by atoms with Crippen LogP contribution in [0.3, 0.4) is 0 Å². The molecule has 1 heterocycles. The minimum atomic E-state index is -1.62. The first kappa shape index (κ1) is 80.9. The van der Waals surface area contributed by atoms with E-state index in [0.29, 0.717) is 6.42 Å². The highest BCUT2D eigenvalue weighted by atomic mass is 16.3. The van der Waals surface area contributed by atoms with Gasteiger partial charge in [-0.1, -0.05) is 123 Å². The summed E-state index contributed by atoms with van der Waals surface area (Å²) in [7, 11) is 10.1. The SMILES string of the molecule is CC=CC[C@@H](C)[C@@H](O)[C@H]1C(=O)N[C@@H](CC)C(=O)N(C)[C@@H](CC(C)C)C(=O)N(C)[C@@H](CC(C)C)C(=O)N[C@@H](C(C)C)C(=O)N(C)[C@@H](CC(C)C)C(=O)N[C@@H](C)C(=O)N[C@H](C)C(=O)N(C)[C@H](CC(C)C)C(=O)N(C)[C@@H](CC(C)C)C(=O)N(C)[C@@H](C(C)C)C(=O)N1C. The third kappa shape index (κ3) is 22.6. The second-order valence-corrected chi connectivity index (χ2v) is 27.9. The number of carbonyl (C=O) groups excluding carboxylic acids is 11. The van der Waals surface area contributed by atoms with Gasteiger partial charge in [-0.25, -0.2) is 0 Å². The second-order valence-electron chi connectivity index (χ2n) is 27.9. The summed E-state index contributed by atoms with van der Waals surface area (Å²) in [5.74, 6) is -9.83. The van der Waals surface area contributed by atoms with Gasteiger partial charge >= 0.3 is 0 Å². The first-order valence-corrected chi connectivity index (χ1v) is 32.4. The quantitative estimate of drug-likeness (QED) is 0.124. The molecule has 0 unspecified atom stereocenters. The Labute approximate surface area is 534 Å². The van der Waals surface area contributed by atoms with E-state index >= 15 is 24.0 Å². The van der Waals surface area contributed by atoms with Crippen LogP contribution in [0.5, 0.6) is 0 Å². The molecular formula is C66H119N11O12. The molecular weight excluding hydrogens is 1140 g/mol. The Morgan fingerprint density at radius 2 is 0.742 bits per heavy atom. The van der Waals surface area contributed by atoms with E-state index in [1.54, 1.807) is 47.6 Å². The van der Waals surface area contributed by atoms with Crippen LogP contribution in [0, 0.1) is 47.3 Å². The Hall–Kier alpha value is -6.13. The van der Waals surface area contributed by atoms with Gasteiger partial charge < -0.3 is 60.7 Å². The largest absolute Gasteiger partial charge is 0.390 e. The Bertz CT molecular complexity index is 2430. The average Bonchev–Trinajstić information content (AvgIpc) is 1.46. The first-order valence-electron chi connectivity index (χ1n) is 32.4. The van der Waals surface area contributed by atoms with E-state index in [-0.39, 0.29) is 68.1 Å². The smallest absolute Gasteiger partial charge is 0.246 e. The summed E-state index contributed by atoms with van der Waals surface area (Å²) in [6, 6.07) is -13.6. The third-order valence-electron chi connectivity index (χ3n) is 17.1. The number of hydrogen-bond donors (Lipinski definition) is 5. The van der Waals surface area contributed by atoms with Crippen molar-refractivity contribution in [2.24, 2.45) is 47.3 Å². The number of aliphatic hydroxyl groups excluding tert-OH is 1. The molecule has 1 aliphatic rings. The molecule has 0 bridgehead atoms. The van der Waals surface area contributed by atoms with Crippen molar-refractivity contribution in [1.82, 2.24) is 55.6 Å². The van der Waals surface area contributed by atoms with Crippen LogP contribution in [0.1, 0.15) is 176 Å². The van der Waals surface area contributed by atoms with Crippen LogP contribution in [-0.4, -0.2) is 226 Å². The zero-order chi connectivity index (χ0) is 69.1. The van der Waals surface area contributed by atoms with E-state index in [1.165, 1.54) is 92.6 Å². The zero-order valence-corrected chi connectivity index (χ0v) is 59.2. The molecule has 0 aromatic rings. The third-order valence-corrected chi connectivity index (χ3v) is 17.1. The van der Waals surface area contributed by atoms with Gasteiger partial charge in [-0.2, -0.15) is 0 Å². The minimum absolute atomic E-state index is 0.0173. The Balaban J connectivity index is 4.48. The number of rotatable bonds is 17. The molecule has 11 amide bonds. The molecule has 13 atom stereocenters. The summed E-state index contributed by atoms with van der Waals surface area (Å²) in [5, 5.41) is 23.4. The Morgan fingerprint density at radius 3 is 1.13 bits per heavy atom. The monoisotopic (exact) mass is 1260 g/mol. The fourth-order valence-corrected chi connectivity index (χ4v) is 11.5. The number of amides is 11. The van der Waals surface area contributed by atoms with Crippen molar-refractivity contribution >= 4 is 65.0 Å². The van der Waals surface area contributed by atoms with E-state index in [0.717, 1.165) is 4.90 Å². The normalized spacial score (nSPS) is 27.1. The molecule has 0 saturated carbocycles. The van der Waals surface area contributed by atoms with Crippen molar-refractivity contribution < 1.29 is 57.8 Å². The lowest BCUT2D eigenvalue weighted by molar-refractivity contribution is -0.157. The van der Waals surface area contributed by atoms with Crippen molar-refractivity contribution in [3.63, 3.8) is 0 Å². The maximum absolute atomic E-state index is 15.3. The van der Waals surface area contributed by atoms with Crippen molar-refractivity contribution in [2.45, 2.75) is 249 Å². The highest BCUT2D eigenvalue weighted by Gasteiger charge is 2.46. The molecule has 0 radical (unpaired) electrons. The molecule has 23 nitrogen and oxygen atoms in total. The van der Waals surface area contributed by atoms with Gasteiger partial charge in [0.15, 0.2) is 0 Å². The molecule has 1 saturated heterocycles.